The van der Waals surface area contributed by atoms with Gasteiger partial charge in [-0.2, -0.15) is 0 Å². The summed E-state index contributed by atoms with van der Waals surface area (Å²) >= 11 is 0. The van der Waals surface area contributed by atoms with Crippen LogP contribution in [-0.4, -0.2) is 22.8 Å². The Hall–Kier alpha value is -2.04. The van der Waals surface area contributed by atoms with E-state index < -0.39 is 29.1 Å². The van der Waals surface area contributed by atoms with Crippen LogP contribution in [0.2, 0.25) is 0 Å². The molecule has 0 saturated heterocycles. The smallest absolute Gasteiger partial charge is 0.408 e. The highest BCUT2D eigenvalue weighted by Gasteiger charge is 2.39. The van der Waals surface area contributed by atoms with Crippen LogP contribution in [0.25, 0.3) is 0 Å². The van der Waals surface area contributed by atoms with Gasteiger partial charge < -0.3 is 15.2 Å². The molecule has 5 nitrogen and oxygen atoms in total. The Labute approximate surface area is 125 Å². The van der Waals surface area contributed by atoms with Crippen molar-refractivity contribution in [3.05, 3.63) is 35.9 Å². The van der Waals surface area contributed by atoms with Crippen molar-refractivity contribution in [3.8, 4) is 0 Å². The zero-order chi connectivity index (χ0) is 16.3. The normalized spacial score (nSPS) is 13.4. The van der Waals surface area contributed by atoms with E-state index in [-0.39, 0.29) is 0 Å². The molecule has 0 saturated carbocycles. The molecule has 1 unspecified atom stereocenters. The van der Waals surface area contributed by atoms with Gasteiger partial charge in [0, 0.05) is 0 Å². The van der Waals surface area contributed by atoms with Gasteiger partial charge in [-0.05, 0) is 40.2 Å². The first-order chi connectivity index (χ1) is 9.54. The maximum absolute atomic E-state index is 12.0. The minimum absolute atomic E-state index is 0.634. The lowest BCUT2D eigenvalue weighted by molar-refractivity contribution is -0.148. The molecule has 2 N–H and O–H groups in total. The molecule has 1 amide bonds. The van der Waals surface area contributed by atoms with Crippen LogP contribution in [0.4, 0.5) is 4.79 Å². The average molecular weight is 293 g/mol. The number of benzene rings is 1. The fourth-order valence-electron chi connectivity index (χ4n) is 1.87. The van der Waals surface area contributed by atoms with Crippen molar-refractivity contribution >= 4 is 12.1 Å². The Morgan fingerprint density at radius 2 is 1.62 bits per heavy atom. The van der Waals surface area contributed by atoms with Gasteiger partial charge in [-0.15, -0.1) is 0 Å². The van der Waals surface area contributed by atoms with Crippen molar-refractivity contribution in [1.29, 1.82) is 0 Å². The topological polar surface area (TPSA) is 75.6 Å². The maximum atomic E-state index is 12.0. The number of rotatable bonds is 4. The number of ether oxygens (including phenoxy) is 1. The average Bonchev–Trinajstić information content (AvgIpc) is 2.34. The molecule has 0 aromatic heterocycles. The minimum atomic E-state index is -1.17. The number of carboxylic acid groups (broad SMARTS) is 1. The van der Waals surface area contributed by atoms with Crippen LogP contribution in [0.5, 0.6) is 0 Å². The van der Waals surface area contributed by atoms with Crippen molar-refractivity contribution in [2.75, 3.05) is 0 Å². The number of carbonyl (C=O) groups is 2. The van der Waals surface area contributed by atoms with E-state index in [1.54, 1.807) is 58.9 Å². The third kappa shape index (κ3) is 4.77. The molecule has 0 radical (unpaired) electrons. The van der Waals surface area contributed by atoms with E-state index in [2.05, 4.69) is 5.32 Å². The molecular formula is C16H23NO4. The first-order valence-corrected chi connectivity index (χ1v) is 6.82. The number of carbonyl (C=O) groups excluding carboxylic acids is 1. The Kier molecular flexibility index (Phi) is 4.99. The summed E-state index contributed by atoms with van der Waals surface area (Å²) in [6.07, 6.45) is -0.634. The fraction of sp³-hybridized carbons (Fsp3) is 0.500. The second kappa shape index (κ2) is 6.16. The largest absolute Gasteiger partial charge is 0.481 e. The van der Waals surface area contributed by atoms with E-state index in [9.17, 15) is 14.7 Å². The van der Waals surface area contributed by atoms with Crippen molar-refractivity contribution in [1.82, 2.24) is 5.32 Å². The minimum Gasteiger partial charge on any atom is -0.481 e. The molecule has 116 valence electrons. The first kappa shape index (κ1) is 17.0. The number of carboxylic acids is 1. The summed E-state index contributed by atoms with van der Waals surface area (Å²) < 4.78 is 5.22. The zero-order valence-electron chi connectivity index (χ0n) is 13.1. The summed E-state index contributed by atoms with van der Waals surface area (Å²) in [7, 11) is 0. The van der Waals surface area contributed by atoms with Gasteiger partial charge >= 0.3 is 12.1 Å². The molecule has 0 aliphatic rings. The molecule has 5 heteroatoms. The van der Waals surface area contributed by atoms with Crippen LogP contribution in [0.3, 0.4) is 0 Å². The molecule has 0 bridgehead atoms. The summed E-state index contributed by atoms with van der Waals surface area (Å²) in [4.78, 5) is 23.5. The van der Waals surface area contributed by atoms with Gasteiger partial charge in [-0.3, -0.25) is 4.79 Å². The molecule has 0 fully saturated rings. The Morgan fingerprint density at radius 1 is 1.10 bits per heavy atom. The zero-order valence-corrected chi connectivity index (χ0v) is 13.1. The number of aliphatic carboxylic acids is 1. The van der Waals surface area contributed by atoms with Gasteiger partial charge in [-0.1, -0.05) is 30.3 Å². The monoisotopic (exact) mass is 293 g/mol. The van der Waals surface area contributed by atoms with E-state index in [4.69, 9.17) is 4.74 Å². The Bertz CT molecular complexity index is 503. The molecule has 1 atom stereocenters. The van der Waals surface area contributed by atoms with Crippen molar-refractivity contribution in [2.24, 2.45) is 5.41 Å². The summed E-state index contributed by atoms with van der Waals surface area (Å²) in [6, 6.07) is 8.32. The molecule has 0 spiro atoms. The lowest BCUT2D eigenvalue weighted by atomic mass is 9.80. The summed E-state index contributed by atoms with van der Waals surface area (Å²) in [6.45, 7) is 8.42. The lowest BCUT2D eigenvalue weighted by Crippen LogP contribution is -2.44. The van der Waals surface area contributed by atoms with Gasteiger partial charge in [0.2, 0.25) is 0 Å². The van der Waals surface area contributed by atoms with Gasteiger partial charge in [0.25, 0.3) is 0 Å². The van der Waals surface area contributed by atoms with Crippen LogP contribution in [0.15, 0.2) is 30.3 Å². The predicted molar refractivity (Wildman–Crippen MR) is 80.0 cm³/mol. The van der Waals surface area contributed by atoms with Crippen molar-refractivity contribution < 1.29 is 19.4 Å². The highest BCUT2D eigenvalue weighted by atomic mass is 16.6. The second-order valence-electron chi connectivity index (χ2n) is 6.52. The van der Waals surface area contributed by atoms with Crippen LogP contribution in [0, 0.1) is 5.41 Å². The summed E-state index contributed by atoms with van der Waals surface area (Å²) in [5.74, 6) is -0.993. The highest BCUT2D eigenvalue weighted by Crippen LogP contribution is 2.33. The molecule has 1 aromatic rings. The number of hydrogen-bond donors (Lipinski definition) is 2. The maximum Gasteiger partial charge on any atom is 0.408 e. The lowest BCUT2D eigenvalue weighted by Gasteiger charge is -2.32. The van der Waals surface area contributed by atoms with E-state index >= 15 is 0 Å². The molecule has 0 heterocycles. The molecule has 0 aliphatic carbocycles. The molecule has 21 heavy (non-hydrogen) atoms. The van der Waals surface area contributed by atoms with Crippen LogP contribution >= 0.6 is 0 Å². The molecule has 0 aliphatic heterocycles. The van der Waals surface area contributed by atoms with E-state index in [0.29, 0.717) is 0 Å². The predicted octanol–water partition coefficient (Wildman–Crippen LogP) is 3.36. The quantitative estimate of drug-likeness (QED) is 0.892. The van der Waals surface area contributed by atoms with Crippen molar-refractivity contribution in [2.45, 2.75) is 46.3 Å². The molecular weight excluding hydrogens is 270 g/mol. The summed E-state index contributed by atoms with van der Waals surface area (Å²) in [5.41, 5.74) is -1.09. The standard InChI is InChI=1S/C16H23NO4/c1-15(2,3)21-14(20)17-12(16(4,5)13(18)19)11-9-7-6-8-10-11/h6-10,12H,1-5H3,(H,17,20)(H,18,19). The van der Waals surface area contributed by atoms with Crippen molar-refractivity contribution in [3.63, 3.8) is 0 Å². The molecule has 1 aromatic carbocycles. The molecule has 1 rings (SSSR count). The first-order valence-electron chi connectivity index (χ1n) is 6.82. The number of amides is 1. The summed E-state index contributed by atoms with van der Waals surface area (Å²) in [5, 5.41) is 12.1. The SMILES string of the molecule is CC(C)(C)OC(=O)NC(c1ccccc1)C(C)(C)C(=O)O. The number of alkyl carbamates (subject to hydrolysis) is 1. The van der Waals surface area contributed by atoms with E-state index in [0.717, 1.165) is 5.56 Å². The van der Waals surface area contributed by atoms with Crippen LogP contribution in [-0.2, 0) is 9.53 Å². The van der Waals surface area contributed by atoms with Gasteiger partial charge in [0.1, 0.15) is 5.60 Å². The van der Waals surface area contributed by atoms with E-state index in [1.165, 1.54) is 0 Å². The third-order valence-electron chi connectivity index (χ3n) is 3.07. The second-order valence-corrected chi connectivity index (χ2v) is 6.52. The van der Waals surface area contributed by atoms with Crippen LogP contribution in [0.1, 0.15) is 46.2 Å². The number of nitrogens with one attached hydrogen (secondary N) is 1. The fourth-order valence-corrected chi connectivity index (χ4v) is 1.87. The Morgan fingerprint density at radius 3 is 2.05 bits per heavy atom. The number of hydrogen-bond acceptors (Lipinski definition) is 3. The van der Waals surface area contributed by atoms with Crippen LogP contribution < -0.4 is 5.32 Å². The highest BCUT2D eigenvalue weighted by molar-refractivity contribution is 5.77. The van der Waals surface area contributed by atoms with Gasteiger partial charge in [-0.25, -0.2) is 4.79 Å². The van der Waals surface area contributed by atoms with E-state index in [1.807, 2.05) is 6.07 Å². The van der Waals surface area contributed by atoms with Gasteiger partial charge in [0.05, 0.1) is 11.5 Å². The van der Waals surface area contributed by atoms with Gasteiger partial charge in [0.15, 0.2) is 0 Å². The third-order valence-corrected chi connectivity index (χ3v) is 3.07. The Balaban J connectivity index is 3.05.